The fourth-order valence-electron chi connectivity index (χ4n) is 2.22. The third-order valence-corrected chi connectivity index (χ3v) is 3.86. The van der Waals surface area contributed by atoms with Crippen molar-refractivity contribution < 1.29 is 35.9 Å². The van der Waals surface area contributed by atoms with Crippen molar-refractivity contribution in [3.63, 3.8) is 0 Å². The zero-order valence-corrected chi connectivity index (χ0v) is 15.4. The molecule has 158 valence electrons. The fraction of sp³-hybridized carbons (Fsp3) is 0.278. The normalized spacial score (nSPS) is 11.8. The molecule has 4 nitrogen and oxygen atoms in total. The maximum Gasteiger partial charge on any atom is 0.416 e. The Morgan fingerprint density at radius 2 is 1.55 bits per heavy atom. The van der Waals surface area contributed by atoms with Gasteiger partial charge in [-0.1, -0.05) is 23.7 Å². The number of alkyl halides is 6. The third kappa shape index (κ3) is 7.04. The van der Waals surface area contributed by atoms with Crippen LogP contribution < -0.4 is 15.4 Å². The molecule has 2 aromatic rings. The number of carbonyl (C=O) groups is 1. The first-order chi connectivity index (χ1) is 13.5. The topological polar surface area (TPSA) is 50.4 Å². The van der Waals surface area contributed by atoms with E-state index in [0.29, 0.717) is 29.3 Å². The van der Waals surface area contributed by atoms with Gasteiger partial charge in [-0.15, -0.1) is 0 Å². The average molecular weight is 441 g/mol. The lowest BCUT2D eigenvalue weighted by Gasteiger charge is -2.15. The zero-order valence-electron chi connectivity index (χ0n) is 14.6. The molecule has 2 aromatic carbocycles. The van der Waals surface area contributed by atoms with Gasteiger partial charge < -0.3 is 15.4 Å². The number of hydrogen-bond donors (Lipinski definition) is 2. The summed E-state index contributed by atoms with van der Waals surface area (Å²) >= 11 is 5.90. The number of rotatable bonds is 6. The van der Waals surface area contributed by atoms with E-state index in [1.807, 2.05) is 5.32 Å². The summed E-state index contributed by atoms with van der Waals surface area (Å²) in [6, 6.07) is 6.60. The van der Waals surface area contributed by atoms with E-state index in [9.17, 15) is 31.1 Å². The predicted octanol–water partition coefficient (Wildman–Crippen LogP) is 5.97. The lowest BCUT2D eigenvalue weighted by Crippen LogP contribution is -2.30. The maximum absolute atomic E-state index is 12.8. The Kier molecular flexibility index (Phi) is 7.23. The first-order valence-corrected chi connectivity index (χ1v) is 8.56. The van der Waals surface area contributed by atoms with Crippen LogP contribution >= 0.6 is 11.6 Å². The van der Waals surface area contributed by atoms with Gasteiger partial charge in [0.05, 0.1) is 22.8 Å². The van der Waals surface area contributed by atoms with Crippen LogP contribution in [-0.2, 0) is 12.4 Å². The molecule has 0 saturated carbocycles. The summed E-state index contributed by atoms with van der Waals surface area (Å²) < 4.78 is 82.3. The second kappa shape index (κ2) is 9.25. The average Bonchev–Trinajstić information content (AvgIpc) is 2.61. The number of benzene rings is 2. The molecule has 0 aliphatic carbocycles. The van der Waals surface area contributed by atoms with Crippen LogP contribution in [0.3, 0.4) is 0 Å². The summed E-state index contributed by atoms with van der Waals surface area (Å²) in [5.41, 5.74) is -3.66. The molecule has 29 heavy (non-hydrogen) atoms. The van der Waals surface area contributed by atoms with Crippen LogP contribution in [-0.4, -0.2) is 19.2 Å². The highest BCUT2D eigenvalue weighted by atomic mass is 35.5. The molecule has 0 radical (unpaired) electrons. The molecular weight excluding hydrogens is 426 g/mol. The number of amides is 2. The van der Waals surface area contributed by atoms with E-state index in [4.69, 9.17) is 16.3 Å². The maximum atomic E-state index is 12.8. The Balaban J connectivity index is 1.90. The van der Waals surface area contributed by atoms with Gasteiger partial charge in [-0.05, 0) is 36.8 Å². The van der Waals surface area contributed by atoms with Crippen molar-refractivity contribution in [3.8, 4) is 5.75 Å². The van der Waals surface area contributed by atoms with Gasteiger partial charge >= 0.3 is 18.4 Å². The molecule has 0 bridgehead atoms. The quantitative estimate of drug-likeness (QED) is 0.429. The molecule has 0 atom stereocenters. The SMILES string of the molecule is O=C(NCCCOc1ccccc1Cl)Nc1cc(C(F)(F)F)cc(C(F)(F)F)c1. The highest BCUT2D eigenvalue weighted by Crippen LogP contribution is 2.37. The molecule has 0 heterocycles. The van der Waals surface area contributed by atoms with Crippen molar-refractivity contribution >= 4 is 23.3 Å². The van der Waals surface area contributed by atoms with E-state index >= 15 is 0 Å². The van der Waals surface area contributed by atoms with E-state index in [1.54, 1.807) is 24.3 Å². The van der Waals surface area contributed by atoms with Crippen LogP contribution in [0.1, 0.15) is 17.5 Å². The van der Waals surface area contributed by atoms with E-state index in [0.717, 1.165) is 0 Å². The lowest BCUT2D eigenvalue weighted by molar-refractivity contribution is -0.143. The molecule has 0 fully saturated rings. The summed E-state index contributed by atoms with van der Waals surface area (Å²) in [4.78, 5) is 11.8. The van der Waals surface area contributed by atoms with Crippen LogP contribution in [0.25, 0.3) is 0 Å². The first-order valence-electron chi connectivity index (χ1n) is 8.18. The lowest BCUT2D eigenvalue weighted by atomic mass is 10.1. The summed E-state index contributed by atoms with van der Waals surface area (Å²) in [7, 11) is 0. The highest BCUT2D eigenvalue weighted by Gasteiger charge is 2.37. The number of urea groups is 1. The molecule has 0 saturated heterocycles. The number of anilines is 1. The minimum Gasteiger partial charge on any atom is -0.492 e. The molecule has 2 N–H and O–H groups in total. The molecule has 0 unspecified atom stereocenters. The standard InChI is InChI=1S/C18H15ClF6N2O2/c19-14-4-1-2-5-15(14)29-7-3-6-26-16(28)27-13-9-11(17(20,21)22)8-12(10-13)18(23,24)25/h1-2,4-5,8-10H,3,6-7H2,(H2,26,27,28). The van der Waals surface area contributed by atoms with Gasteiger partial charge in [0.1, 0.15) is 5.75 Å². The van der Waals surface area contributed by atoms with E-state index in [1.165, 1.54) is 0 Å². The molecule has 0 aliphatic rings. The van der Waals surface area contributed by atoms with Crippen molar-refractivity contribution in [1.29, 1.82) is 0 Å². The molecule has 0 aliphatic heterocycles. The largest absolute Gasteiger partial charge is 0.492 e. The van der Waals surface area contributed by atoms with Gasteiger partial charge in [-0.25, -0.2) is 4.79 Å². The highest BCUT2D eigenvalue weighted by molar-refractivity contribution is 6.32. The number of hydrogen-bond acceptors (Lipinski definition) is 2. The molecular formula is C18H15ClF6N2O2. The Morgan fingerprint density at radius 3 is 2.10 bits per heavy atom. The predicted molar refractivity (Wildman–Crippen MR) is 95.0 cm³/mol. The third-order valence-electron chi connectivity index (χ3n) is 3.55. The molecule has 0 aromatic heterocycles. The zero-order chi connectivity index (χ0) is 21.7. The Bertz CT molecular complexity index is 823. The van der Waals surface area contributed by atoms with Crippen LogP contribution in [0.5, 0.6) is 5.75 Å². The second-order valence-electron chi connectivity index (χ2n) is 5.81. The van der Waals surface area contributed by atoms with Crippen molar-refractivity contribution in [2.45, 2.75) is 18.8 Å². The van der Waals surface area contributed by atoms with Gasteiger partial charge in [0.15, 0.2) is 0 Å². The molecule has 11 heteroatoms. The van der Waals surface area contributed by atoms with Gasteiger partial charge in [0, 0.05) is 12.2 Å². The van der Waals surface area contributed by atoms with Crippen molar-refractivity contribution in [2.24, 2.45) is 0 Å². The fourth-order valence-corrected chi connectivity index (χ4v) is 2.41. The van der Waals surface area contributed by atoms with Gasteiger partial charge in [-0.3, -0.25) is 0 Å². The van der Waals surface area contributed by atoms with Crippen LogP contribution in [0.15, 0.2) is 42.5 Å². The van der Waals surface area contributed by atoms with Crippen molar-refractivity contribution in [2.75, 3.05) is 18.5 Å². The summed E-state index contributed by atoms with van der Waals surface area (Å²) in [5.74, 6) is 0.447. The van der Waals surface area contributed by atoms with Gasteiger partial charge in [0.2, 0.25) is 0 Å². The number of para-hydroxylation sites is 1. The van der Waals surface area contributed by atoms with Gasteiger partial charge in [-0.2, -0.15) is 26.3 Å². The van der Waals surface area contributed by atoms with E-state index in [2.05, 4.69) is 5.32 Å². The Hall–Kier alpha value is -2.62. The van der Waals surface area contributed by atoms with E-state index < -0.39 is 35.2 Å². The second-order valence-corrected chi connectivity index (χ2v) is 6.22. The number of carbonyl (C=O) groups excluding carboxylic acids is 1. The number of nitrogens with one attached hydrogen (secondary N) is 2. The monoisotopic (exact) mass is 440 g/mol. The van der Waals surface area contributed by atoms with Crippen LogP contribution in [0.2, 0.25) is 5.02 Å². The molecule has 0 spiro atoms. The Morgan fingerprint density at radius 1 is 0.966 bits per heavy atom. The summed E-state index contributed by atoms with van der Waals surface area (Å²) in [5, 5.41) is 4.70. The molecule has 2 rings (SSSR count). The van der Waals surface area contributed by atoms with Crippen molar-refractivity contribution in [3.05, 3.63) is 58.6 Å². The summed E-state index contributed by atoms with van der Waals surface area (Å²) in [6.45, 7) is 0.257. The number of halogens is 7. The van der Waals surface area contributed by atoms with Crippen molar-refractivity contribution in [1.82, 2.24) is 5.32 Å². The smallest absolute Gasteiger partial charge is 0.416 e. The molecule has 2 amide bonds. The first kappa shape index (κ1) is 22.7. The van der Waals surface area contributed by atoms with Gasteiger partial charge in [0.25, 0.3) is 0 Å². The van der Waals surface area contributed by atoms with Crippen LogP contribution in [0, 0.1) is 0 Å². The number of ether oxygens (including phenoxy) is 1. The summed E-state index contributed by atoms with van der Waals surface area (Å²) in [6.07, 6.45) is -9.66. The Labute approximate surface area is 166 Å². The van der Waals surface area contributed by atoms with Crippen LogP contribution in [0.4, 0.5) is 36.8 Å². The minimum atomic E-state index is -5.00. The van der Waals surface area contributed by atoms with E-state index in [-0.39, 0.29) is 19.2 Å². The minimum absolute atomic E-state index is 0.0187.